The molecule has 0 bridgehead atoms. The minimum atomic E-state index is 0.839. The highest BCUT2D eigenvalue weighted by atomic mass is 32.1. The Kier molecular flexibility index (Phi) is 5.03. The van der Waals surface area contributed by atoms with Gasteiger partial charge in [0, 0.05) is 12.1 Å². The molecule has 3 aromatic rings. The highest BCUT2D eigenvalue weighted by Crippen LogP contribution is 2.22. The van der Waals surface area contributed by atoms with Crippen molar-refractivity contribution < 1.29 is 0 Å². The summed E-state index contributed by atoms with van der Waals surface area (Å²) in [5, 5.41) is 0. The van der Waals surface area contributed by atoms with E-state index >= 15 is 0 Å². The maximum absolute atomic E-state index is 4.77. The Morgan fingerprint density at radius 3 is 2.65 bits per heavy atom. The minimum Gasteiger partial charge on any atom is -0.256 e. The molecule has 0 radical (unpaired) electrons. The van der Waals surface area contributed by atoms with E-state index in [4.69, 9.17) is 4.98 Å². The first-order chi connectivity index (χ1) is 11.3. The lowest BCUT2D eigenvalue weighted by molar-refractivity contribution is 0.792. The Morgan fingerprint density at radius 1 is 1.09 bits per heavy atom. The highest BCUT2D eigenvalue weighted by molar-refractivity contribution is 7.04. The van der Waals surface area contributed by atoms with Crippen molar-refractivity contribution in [2.24, 2.45) is 4.99 Å². The molecule has 0 atom stereocenters. The summed E-state index contributed by atoms with van der Waals surface area (Å²) in [4.78, 5) is 10.3. The van der Waals surface area contributed by atoms with Crippen molar-refractivity contribution in [3.63, 3.8) is 0 Å². The van der Waals surface area contributed by atoms with Crippen molar-refractivity contribution >= 4 is 11.5 Å². The first kappa shape index (κ1) is 15.7. The maximum Gasteiger partial charge on any atom is 0.223 e. The average molecular weight is 323 g/mol. The van der Waals surface area contributed by atoms with Crippen LogP contribution in [0.4, 0.5) is 0 Å². The van der Waals surface area contributed by atoms with Crippen LogP contribution in [0.25, 0.3) is 17.1 Å². The molecule has 0 saturated carbocycles. The van der Waals surface area contributed by atoms with E-state index in [0.29, 0.717) is 0 Å². The molecule has 0 aliphatic carbocycles. The second-order valence-electron chi connectivity index (χ2n) is 5.54. The second-order valence-corrected chi connectivity index (χ2v) is 6.46. The van der Waals surface area contributed by atoms with Crippen LogP contribution < -0.4 is 4.80 Å². The number of unbranched alkanes of at least 4 members (excludes halogenated alkanes) is 1. The summed E-state index contributed by atoms with van der Waals surface area (Å²) in [6.45, 7) is 5.13. The van der Waals surface area contributed by atoms with Crippen molar-refractivity contribution in [3.05, 3.63) is 65.0 Å². The van der Waals surface area contributed by atoms with Crippen molar-refractivity contribution in [2.75, 3.05) is 6.54 Å². The van der Waals surface area contributed by atoms with Gasteiger partial charge in [-0.15, -0.1) is 0 Å². The Balaban J connectivity index is 2.11. The van der Waals surface area contributed by atoms with E-state index in [1.807, 2.05) is 18.2 Å². The molecular weight excluding hydrogens is 302 g/mol. The van der Waals surface area contributed by atoms with Crippen LogP contribution in [0.5, 0.6) is 0 Å². The van der Waals surface area contributed by atoms with Crippen LogP contribution in [0.2, 0.25) is 0 Å². The van der Waals surface area contributed by atoms with Gasteiger partial charge in [-0.1, -0.05) is 55.8 Å². The predicted octanol–water partition coefficient (Wildman–Crippen LogP) is 4.61. The number of hydrogen-bond acceptors (Lipinski definition) is 3. The van der Waals surface area contributed by atoms with Crippen LogP contribution in [-0.4, -0.2) is 15.5 Å². The molecule has 23 heavy (non-hydrogen) atoms. The van der Waals surface area contributed by atoms with E-state index < -0.39 is 0 Å². The average Bonchev–Trinajstić information content (AvgIpc) is 3.00. The standard InChI is InChI=1S/C19H21N3S/c1-3-4-13-20-19-21-18(16-10-6-5-7-11-16)22(23-19)17-12-8-9-15(2)14-17/h5-12,14H,3-4,13H2,1-2H3. The van der Waals surface area contributed by atoms with Gasteiger partial charge in [0.25, 0.3) is 0 Å². The third-order valence-corrected chi connectivity index (χ3v) is 4.54. The van der Waals surface area contributed by atoms with Gasteiger partial charge in [0.15, 0.2) is 5.82 Å². The lowest BCUT2D eigenvalue weighted by Crippen LogP contribution is -1.99. The molecule has 0 aliphatic rings. The fourth-order valence-corrected chi connectivity index (χ4v) is 3.27. The van der Waals surface area contributed by atoms with Gasteiger partial charge in [-0.25, -0.2) is 3.96 Å². The van der Waals surface area contributed by atoms with E-state index in [0.717, 1.165) is 41.3 Å². The van der Waals surface area contributed by atoms with Crippen LogP contribution in [0.3, 0.4) is 0 Å². The van der Waals surface area contributed by atoms with Crippen molar-refractivity contribution in [1.29, 1.82) is 0 Å². The van der Waals surface area contributed by atoms with Crippen LogP contribution in [0, 0.1) is 6.92 Å². The van der Waals surface area contributed by atoms with E-state index in [-0.39, 0.29) is 0 Å². The van der Waals surface area contributed by atoms with Crippen LogP contribution in [0.15, 0.2) is 59.6 Å². The van der Waals surface area contributed by atoms with E-state index in [2.05, 4.69) is 59.2 Å². The number of rotatable bonds is 5. The molecule has 2 aromatic carbocycles. The van der Waals surface area contributed by atoms with Crippen LogP contribution >= 0.6 is 11.5 Å². The first-order valence-corrected chi connectivity index (χ1v) is 8.78. The zero-order valence-electron chi connectivity index (χ0n) is 13.6. The van der Waals surface area contributed by atoms with Gasteiger partial charge in [0.1, 0.15) is 0 Å². The topological polar surface area (TPSA) is 30.2 Å². The van der Waals surface area contributed by atoms with Gasteiger partial charge in [0.2, 0.25) is 4.80 Å². The summed E-state index contributed by atoms with van der Waals surface area (Å²) in [6, 6.07) is 18.8. The Labute approximate surface area is 141 Å². The van der Waals surface area contributed by atoms with Crippen LogP contribution in [0.1, 0.15) is 25.3 Å². The van der Waals surface area contributed by atoms with Gasteiger partial charge in [-0.05, 0) is 42.6 Å². The third kappa shape index (κ3) is 3.77. The number of nitrogens with zero attached hydrogens (tertiary/aromatic N) is 3. The monoisotopic (exact) mass is 323 g/mol. The fourth-order valence-electron chi connectivity index (χ4n) is 2.38. The smallest absolute Gasteiger partial charge is 0.223 e. The molecule has 0 fully saturated rings. The molecule has 0 amide bonds. The fraction of sp³-hybridized carbons (Fsp3) is 0.263. The minimum absolute atomic E-state index is 0.839. The number of hydrogen-bond donors (Lipinski definition) is 0. The highest BCUT2D eigenvalue weighted by Gasteiger charge is 2.10. The summed E-state index contributed by atoms with van der Waals surface area (Å²) < 4.78 is 2.17. The molecule has 0 unspecified atom stereocenters. The second kappa shape index (κ2) is 7.38. The summed E-state index contributed by atoms with van der Waals surface area (Å²) in [5.41, 5.74) is 3.49. The largest absolute Gasteiger partial charge is 0.256 e. The van der Waals surface area contributed by atoms with Crippen LogP contribution in [-0.2, 0) is 0 Å². The zero-order valence-corrected chi connectivity index (χ0v) is 14.4. The quantitative estimate of drug-likeness (QED) is 0.631. The Morgan fingerprint density at radius 2 is 1.91 bits per heavy atom. The lowest BCUT2D eigenvalue weighted by atomic mass is 10.2. The van der Waals surface area contributed by atoms with Gasteiger partial charge < -0.3 is 0 Å². The van der Waals surface area contributed by atoms with E-state index in [9.17, 15) is 0 Å². The Hall–Kier alpha value is -2.20. The molecule has 118 valence electrons. The lowest BCUT2D eigenvalue weighted by Gasteiger charge is -2.06. The molecule has 4 heteroatoms. The summed E-state index contributed by atoms with van der Waals surface area (Å²) in [6.07, 6.45) is 2.25. The molecule has 3 rings (SSSR count). The number of benzene rings is 2. The summed E-state index contributed by atoms with van der Waals surface area (Å²) in [7, 11) is 0. The summed E-state index contributed by atoms with van der Waals surface area (Å²) >= 11 is 1.61. The molecule has 0 N–H and O–H groups in total. The van der Waals surface area contributed by atoms with Crippen molar-refractivity contribution in [1.82, 2.24) is 8.94 Å². The first-order valence-electron chi connectivity index (χ1n) is 8.01. The summed E-state index contributed by atoms with van der Waals surface area (Å²) in [5.74, 6) is 0.955. The van der Waals surface area contributed by atoms with E-state index in [1.165, 1.54) is 5.56 Å². The third-order valence-electron chi connectivity index (χ3n) is 3.59. The zero-order chi connectivity index (χ0) is 16.1. The molecule has 0 aliphatic heterocycles. The predicted molar refractivity (Wildman–Crippen MR) is 97.0 cm³/mol. The van der Waals surface area contributed by atoms with Crippen molar-refractivity contribution in [3.8, 4) is 17.1 Å². The van der Waals surface area contributed by atoms with Gasteiger partial charge in [-0.3, -0.25) is 4.99 Å². The maximum atomic E-state index is 4.77. The molecular formula is C19H21N3S. The van der Waals surface area contributed by atoms with Gasteiger partial charge >= 0.3 is 0 Å². The Bertz CT molecular complexity index is 831. The number of aryl methyl sites for hydroxylation is 1. The van der Waals surface area contributed by atoms with Crippen molar-refractivity contribution in [2.45, 2.75) is 26.7 Å². The van der Waals surface area contributed by atoms with E-state index in [1.54, 1.807) is 11.5 Å². The SMILES string of the molecule is CCCCN=c1nc(-c2ccccc2)n(-c2cccc(C)c2)s1. The van der Waals surface area contributed by atoms with Gasteiger partial charge in [-0.2, -0.15) is 4.98 Å². The molecule has 1 aromatic heterocycles. The molecule has 0 saturated heterocycles. The normalized spacial score (nSPS) is 11.8. The molecule has 1 heterocycles. The van der Waals surface area contributed by atoms with Gasteiger partial charge in [0.05, 0.1) is 5.69 Å². The molecule has 0 spiro atoms. The number of aromatic nitrogens is 2. The molecule has 3 nitrogen and oxygen atoms in total.